The predicted molar refractivity (Wildman–Crippen MR) is 104 cm³/mol. The van der Waals surface area contributed by atoms with Crippen molar-refractivity contribution in [1.82, 2.24) is 15.2 Å². The van der Waals surface area contributed by atoms with E-state index in [4.69, 9.17) is 5.73 Å². The summed E-state index contributed by atoms with van der Waals surface area (Å²) in [5.41, 5.74) is 9.67. The largest absolute Gasteiger partial charge is 0.368 e. The first kappa shape index (κ1) is 17.7. The Hall–Kier alpha value is -3.15. The molecule has 134 valence electrons. The minimum absolute atomic E-state index is 0.275. The number of hydrogen-bond donors (Lipinski definition) is 3. The van der Waals surface area contributed by atoms with Gasteiger partial charge in [-0.15, -0.1) is 5.10 Å². The van der Waals surface area contributed by atoms with Crippen molar-refractivity contribution < 1.29 is 4.79 Å². The van der Waals surface area contributed by atoms with E-state index in [0.717, 1.165) is 35.2 Å². The van der Waals surface area contributed by atoms with E-state index in [0.29, 0.717) is 24.6 Å². The molecule has 3 aromatic rings. The number of aromatic nitrogens is 3. The lowest BCUT2D eigenvalue weighted by Crippen LogP contribution is -2.02. The number of Topliss-reactive ketones (excluding diaryl/α,β-unsaturated/α-hetero) is 1. The van der Waals surface area contributed by atoms with Gasteiger partial charge in [-0.25, -0.2) is 5.10 Å². The molecule has 0 atom stereocenters. The molecule has 0 radical (unpaired) electrons. The molecule has 0 spiro atoms. The molecular formula is C20H23N5O. The van der Waals surface area contributed by atoms with Crippen LogP contribution >= 0.6 is 0 Å². The number of rotatable bonds is 8. The van der Waals surface area contributed by atoms with Crippen molar-refractivity contribution in [3.8, 4) is 11.1 Å². The number of carbonyl (C=O) groups excluding carboxylic acids is 1. The summed E-state index contributed by atoms with van der Waals surface area (Å²) in [6.07, 6.45) is 3.21. The normalized spacial score (nSPS) is 10.7. The van der Waals surface area contributed by atoms with Crippen LogP contribution in [0, 0.1) is 0 Å². The monoisotopic (exact) mass is 349 g/mol. The zero-order valence-electron chi connectivity index (χ0n) is 14.8. The van der Waals surface area contributed by atoms with Gasteiger partial charge in [-0.1, -0.05) is 49.7 Å². The molecule has 0 aliphatic rings. The zero-order chi connectivity index (χ0) is 18.4. The van der Waals surface area contributed by atoms with E-state index in [2.05, 4.69) is 39.6 Å². The second-order valence-corrected chi connectivity index (χ2v) is 6.26. The molecule has 0 saturated carbocycles. The molecule has 0 amide bonds. The summed E-state index contributed by atoms with van der Waals surface area (Å²) >= 11 is 0. The lowest BCUT2D eigenvalue weighted by Gasteiger charge is -2.06. The Kier molecular flexibility index (Phi) is 5.63. The molecule has 6 nitrogen and oxygen atoms in total. The Morgan fingerprint density at radius 1 is 1.08 bits per heavy atom. The van der Waals surface area contributed by atoms with Crippen molar-refractivity contribution in [1.29, 1.82) is 0 Å². The van der Waals surface area contributed by atoms with Gasteiger partial charge in [-0.05, 0) is 35.2 Å². The molecule has 0 bridgehead atoms. The van der Waals surface area contributed by atoms with E-state index < -0.39 is 0 Å². The number of nitrogens with two attached hydrogens (primary N) is 1. The Labute approximate surface area is 152 Å². The molecule has 1 heterocycles. The maximum Gasteiger partial charge on any atom is 0.248 e. The first-order valence-electron chi connectivity index (χ1n) is 8.80. The van der Waals surface area contributed by atoms with Crippen molar-refractivity contribution in [2.24, 2.45) is 0 Å². The van der Waals surface area contributed by atoms with E-state index >= 15 is 0 Å². The number of nitrogens with one attached hydrogen (secondary N) is 2. The number of nitrogens with zero attached hydrogens (tertiary/aromatic N) is 2. The number of anilines is 3. The summed E-state index contributed by atoms with van der Waals surface area (Å²) in [6, 6.07) is 16.2. The smallest absolute Gasteiger partial charge is 0.248 e. The van der Waals surface area contributed by atoms with Gasteiger partial charge in [0.25, 0.3) is 0 Å². The van der Waals surface area contributed by atoms with Crippen LogP contribution in [0.25, 0.3) is 11.1 Å². The van der Waals surface area contributed by atoms with Crippen LogP contribution in [-0.4, -0.2) is 21.0 Å². The minimum Gasteiger partial charge on any atom is -0.368 e. The second-order valence-electron chi connectivity index (χ2n) is 6.26. The highest BCUT2D eigenvalue weighted by Gasteiger charge is 2.05. The third kappa shape index (κ3) is 4.69. The fourth-order valence-corrected chi connectivity index (χ4v) is 2.71. The van der Waals surface area contributed by atoms with Crippen molar-refractivity contribution >= 4 is 23.4 Å². The van der Waals surface area contributed by atoms with Crippen molar-refractivity contribution in [2.75, 3.05) is 11.1 Å². The van der Waals surface area contributed by atoms with E-state index in [1.807, 2.05) is 36.4 Å². The molecule has 0 saturated heterocycles. The number of H-pyrrole nitrogens is 1. The summed E-state index contributed by atoms with van der Waals surface area (Å²) in [5.74, 6) is 1.02. The third-order valence-electron chi connectivity index (χ3n) is 4.14. The first-order valence-corrected chi connectivity index (χ1v) is 8.80. The number of benzene rings is 2. The predicted octanol–water partition coefficient (Wildman–Crippen LogP) is 4.10. The van der Waals surface area contributed by atoms with E-state index in [9.17, 15) is 4.79 Å². The quantitative estimate of drug-likeness (QED) is 0.569. The van der Waals surface area contributed by atoms with Gasteiger partial charge in [-0.3, -0.25) is 4.79 Å². The molecular weight excluding hydrogens is 326 g/mol. The van der Waals surface area contributed by atoms with Gasteiger partial charge in [-0.2, -0.15) is 4.98 Å². The third-order valence-corrected chi connectivity index (χ3v) is 4.14. The number of unbranched alkanes of at least 4 members (excludes halogenated alkanes) is 1. The summed E-state index contributed by atoms with van der Waals surface area (Å²) in [5, 5.41) is 9.61. The summed E-state index contributed by atoms with van der Waals surface area (Å²) in [6.45, 7) is 2.10. The standard InChI is InChI=1S/C20H23N5O/c1-2-3-4-18(26)13-14-5-7-15(8-6-14)16-9-11-17(12-10-16)22-20-23-19(21)24-25-20/h5-12H,2-4,13H2,1H3,(H4,21,22,23,24,25). The van der Waals surface area contributed by atoms with E-state index in [1.165, 1.54) is 0 Å². The molecule has 0 aliphatic carbocycles. The average molecular weight is 349 g/mol. The van der Waals surface area contributed by atoms with Crippen LogP contribution in [0.15, 0.2) is 48.5 Å². The Bertz CT molecular complexity index is 853. The van der Waals surface area contributed by atoms with Crippen molar-refractivity contribution in [3.63, 3.8) is 0 Å². The fourth-order valence-electron chi connectivity index (χ4n) is 2.71. The molecule has 26 heavy (non-hydrogen) atoms. The fraction of sp³-hybridized carbons (Fsp3) is 0.250. The molecule has 0 fully saturated rings. The van der Waals surface area contributed by atoms with Crippen LogP contribution in [0.4, 0.5) is 17.6 Å². The van der Waals surface area contributed by atoms with Gasteiger partial charge >= 0.3 is 0 Å². The summed E-state index contributed by atoms with van der Waals surface area (Å²) in [4.78, 5) is 15.9. The van der Waals surface area contributed by atoms with E-state index in [-0.39, 0.29) is 5.95 Å². The Balaban J connectivity index is 1.62. The van der Waals surface area contributed by atoms with Crippen molar-refractivity contribution in [2.45, 2.75) is 32.6 Å². The van der Waals surface area contributed by atoms with Crippen LogP contribution in [0.3, 0.4) is 0 Å². The van der Waals surface area contributed by atoms with Crippen LogP contribution in [-0.2, 0) is 11.2 Å². The van der Waals surface area contributed by atoms with Gasteiger partial charge in [0.15, 0.2) is 0 Å². The molecule has 0 unspecified atom stereocenters. The average Bonchev–Trinajstić information content (AvgIpc) is 3.06. The molecule has 3 rings (SSSR count). The minimum atomic E-state index is 0.275. The number of carbonyl (C=O) groups is 1. The summed E-state index contributed by atoms with van der Waals surface area (Å²) < 4.78 is 0. The highest BCUT2D eigenvalue weighted by Crippen LogP contribution is 2.23. The number of hydrogen-bond acceptors (Lipinski definition) is 5. The zero-order valence-corrected chi connectivity index (χ0v) is 14.8. The van der Waals surface area contributed by atoms with Crippen molar-refractivity contribution in [3.05, 3.63) is 54.1 Å². The van der Waals surface area contributed by atoms with Gasteiger partial charge in [0.05, 0.1) is 0 Å². The van der Waals surface area contributed by atoms with Crippen LogP contribution < -0.4 is 11.1 Å². The van der Waals surface area contributed by atoms with Gasteiger partial charge in [0.2, 0.25) is 11.9 Å². The lowest BCUT2D eigenvalue weighted by atomic mass is 10.0. The van der Waals surface area contributed by atoms with E-state index in [1.54, 1.807) is 0 Å². The van der Waals surface area contributed by atoms with Gasteiger partial charge in [0.1, 0.15) is 5.78 Å². The molecule has 4 N–H and O–H groups in total. The molecule has 2 aromatic carbocycles. The Morgan fingerprint density at radius 2 is 1.73 bits per heavy atom. The highest BCUT2D eigenvalue weighted by atomic mass is 16.1. The SMILES string of the molecule is CCCCC(=O)Cc1ccc(-c2ccc(Nc3n[nH]c(N)n3)cc2)cc1. The number of nitrogen functional groups attached to an aromatic ring is 1. The van der Waals surface area contributed by atoms with Crippen LogP contribution in [0.1, 0.15) is 31.7 Å². The lowest BCUT2D eigenvalue weighted by molar-refractivity contribution is -0.118. The van der Waals surface area contributed by atoms with Gasteiger partial charge < -0.3 is 11.1 Å². The van der Waals surface area contributed by atoms with Crippen LogP contribution in [0.2, 0.25) is 0 Å². The van der Waals surface area contributed by atoms with Crippen LogP contribution in [0.5, 0.6) is 0 Å². The Morgan fingerprint density at radius 3 is 2.31 bits per heavy atom. The first-order chi connectivity index (χ1) is 12.6. The number of ketones is 1. The second kappa shape index (κ2) is 8.29. The molecule has 0 aliphatic heterocycles. The highest BCUT2D eigenvalue weighted by molar-refractivity contribution is 5.81. The topological polar surface area (TPSA) is 96.7 Å². The molecule has 6 heteroatoms. The maximum atomic E-state index is 11.9. The van der Waals surface area contributed by atoms with Gasteiger partial charge in [0, 0.05) is 18.5 Å². The number of aromatic amines is 1. The maximum absolute atomic E-state index is 11.9. The summed E-state index contributed by atoms with van der Waals surface area (Å²) in [7, 11) is 0. The molecule has 1 aromatic heterocycles.